The molecule has 42 heavy (non-hydrogen) atoms. The number of nitrogens with zero attached hydrogens (tertiary/aromatic N) is 6. The number of anilines is 2. The third-order valence-corrected chi connectivity index (χ3v) is 8.60. The number of rotatable bonds is 7. The number of ether oxygens (including phenoxy) is 1. The van der Waals surface area contributed by atoms with E-state index in [1.807, 2.05) is 45.3 Å². The molecule has 2 aliphatic rings. The molecule has 2 N–H and O–H groups in total. The average Bonchev–Trinajstić information content (AvgIpc) is 3.27. The Kier molecular flexibility index (Phi) is 7.21. The summed E-state index contributed by atoms with van der Waals surface area (Å²) >= 11 is 0. The van der Waals surface area contributed by atoms with E-state index in [9.17, 15) is 4.79 Å². The monoisotopic (exact) mass is 570 g/mol. The fraction of sp³-hybridized carbons (Fsp3) is 0.500. The molecule has 10 nitrogen and oxygen atoms in total. The molecule has 2 fully saturated rings. The van der Waals surface area contributed by atoms with E-state index in [1.165, 1.54) is 6.42 Å². The molecule has 1 unspecified atom stereocenters. The number of nitrogens with one attached hydrogen (secondary N) is 2. The van der Waals surface area contributed by atoms with Crippen molar-refractivity contribution in [2.75, 3.05) is 31.5 Å². The molecule has 222 valence electrons. The lowest BCUT2D eigenvalue weighted by Gasteiger charge is -2.38. The second-order valence-corrected chi connectivity index (χ2v) is 13.4. The Labute approximate surface area is 247 Å². The third-order valence-electron chi connectivity index (χ3n) is 8.60. The Bertz CT molecular complexity index is 1570. The van der Waals surface area contributed by atoms with Crippen molar-refractivity contribution in [1.82, 2.24) is 34.5 Å². The van der Waals surface area contributed by atoms with E-state index in [1.54, 1.807) is 4.90 Å². The number of H-pyrrole nitrogens is 1. The van der Waals surface area contributed by atoms with Crippen molar-refractivity contribution in [2.24, 2.45) is 11.3 Å². The van der Waals surface area contributed by atoms with Gasteiger partial charge in [0.1, 0.15) is 11.4 Å². The highest BCUT2D eigenvalue weighted by Gasteiger charge is 2.45. The Morgan fingerprint density at radius 3 is 2.62 bits per heavy atom. The summed E-state index contributed by atoms with van der Waals surface area (Å²) in [5, 5.41) is 7.96. The van der Waals surface area contributed by atoms with Crippen LogP contribution in [0.4, 0.5) is 16.6 Å². The molecule has 1 aliphatic carbocycles. The molecule has 10 heteroatoms. The molecule has 1 saturated heterocycles. The van der Waals surface area contributed by atoms with Gasteiger partial charge in [0.15, 0.2) is 0 Å². The lowest BCUT2D eigenvalue weighted by Crippen LogP contribution is -2.50. The van der Waals surface area contributed by atoms with Gasteiger partial charge in [-0.05, 0) is 80.8 Å². The maximum atomic E-state index is 12.4. The zero-order valence-electron chi connectivity index (χ0n) is 25.5. The van der Waals surface area contributed by atoms with E-state index < -0.39 is 5.60 Å². The normalized spacial score (nSPS) is 19.6. The Balaban J connectivity index is 1.09. The summed E-state index contributed by atoms with van der Waals surface area (Å²) in [4.78, 5) is 29.3. The van der Waals surface area contributed by atoms with Crippen LogP contribution < -0.4 is 5.32 Å². The molecule has 4 aromatic rings. The number of piperazine rings is 1. The number of amides is 1. The molecular weight excluding hydrogens is 528 g/mol. The molecule has 0 radical (unpaired) electrons. The predicted octanol–water partition coefficient (Wildman–Crippen LogP) is 6.22. The van der Waals surface area contributed by atoms with Crippen LogP contribution in [0.15, 0.2) is 48.9 Å². The summed E-state index contributed by atoms with van der Waals surface area (Å²) in [6, 6.07) is 10.6. The van der Waals surface area contributed by atoms with Crippen LogP contribution in [-0.2, 0) is 11.3 Å². The maximum absolute atomic E-state index is 12.4. The van der Waals surface area contributed by atoms with Gasteiger partial charge >= 0.3 is 6.09 Å². The second kappa shape index (κ2) is 10.7. The highest BCUT2D eigenvalue weighted by atomic mass is 16.6. The van der Waals surface area contributed by atoms with E-state index in [0.29, 0.717) is 30.4 Å². The molecule has 1 amide bonds. The lowest BCUT2D eigenvalue weighted by atomic mass is 10.1. The van der Waals surface area contributed by atoms with Crippen molar-refractivity contribution >= 4 is 28.9 Å². The van der Waals surface area contributed by atoms with Crippen molar-refractivity contribution in [3.63, 3.8) is 0 Å². The second-order valence-electron chi connectivity index (χ2n) is 13.4. The van der Waals surface area contributed by atoms with Crippen molar-refractivity contribution in [3.05, 3.63) is 54.5 Å². The van der Waals surface area contributed by atoms with Gasteiger partial charge in [0.25, 0.3) is 0 Å². The van der Waals surface area contributed by atoms with Crippen molar-refractivity contribution in [3.8, 4) is 11.1 Å². The van der Waals surface area contributed by atoms with E-state index in [0.717, 1.165) is 53.2 Å². The first kappa shape index (κ1) is 28.2. The summed E-state index contributed by atoms with van der Waals surface area (Å²) < 4.78 is 7.61. The molecular formula is C32H42N8O2. The quantitative estimate of drug-likeness (QED) is 0.272. The molecule has 0 spiro atoms. The third kappa shape index (κ3) is 6.28. The van der Waals surface area contributed by atoms with Gasteiger partial charge in [-0.2, -0.15) is 5.10 Å². The number of carbonyl (C=O) groups is 1. The molecule has 3 aromatic heterocycles. The first-order chi connectivity index (χ1) is 19.9. The van der Waals surface area contributed by atoms with Gasteiger partial charge in [-0.1, -0.05) is 19.9 Å². The number of imidazole rings is 1. The standard InChI is InChI=1S/C32H42N8O2/c1-21(38-11-13-39(14-12-38)30(41)42-31(2,3)4)22-9-10-33-28(16-22)37-29-35-26-8-7-23(15-27(26)36-29)24-18-34-40(19-24)20-25-17-32(25,5)6/h7-10,15-16,18-19,21,25H,11-14,17,20H2,1-6H3,(H2,33,35,36,37)/t21?,25-/m0/s1. The fourth-order valence-electron chi connectivity index (χ4n) is 5.70. The zero-order chi connectivity index (χ0) is 29.6. The highest BCUT2D eigenvalue weighted by molar-refractivity contribution is 5.83. The van der Waals surface area contributed by atoms with Gasteiger partial charge in [0, 0.05) is 56.7 Å². The predicted molar refractivity (Wildman–Crippen MR) is 165 cm³/mol. The molecule has 6 rings (SSSR count). The average molecular weight is 571 g/mol. The zero-order valence-corrected chi connectivity index (χ0v) is 25.5. The summed E-state index contributed by atoms with van der Waals surface area (Å²) in [6.07, 6.45) is 6.93. The van der Waals surface area contributed by atoms with Crippen molar-refractivity contribution < 1.29 is 9.53 Å². The SMILES string of the molecule is CC(c1ccnc(Nc2nc3ccc(-c4cnn(C[C@@H]5CC5(C)C)c4)cc3[nH]2)c1)N1CCN(C(=O)OC(C)(C)C)CC1. The lowest BCUT2D eigenvalue weighted by molar-refractivity contribution is 0.0110. The van der Waals surface area contributed by atoms with Crippen molar-refractivity contribution in [1.29, 1.82) is 0 Å². The molecule has 1 aliphatic heterocycles. The van der Waals surface area contributed by atoms with Crippen LogP contribution in [0, 0.1) is 11.3 Å². The summed E-state index contributed by atoms with van der Waals surface area (Å²) in [5.41, 5.74) is 5.17. The molecule has 0 bridgehead atoms. The maximum Gasteiger partial charge on any atom is 0.410 e. The van der Waals surface area contributed by atoms with Crippen LogP contribution in [0.5, 0.6) is 0 Å². The Morgan fingerprint density at radius 2 is 1.90 bits per heavy atom. The summed E-state index contributed by atoms with van der Waals surface area (Å²) in [6.45, 7) is 16.4. The highest BCUT2D eigenvalue weighted by Crippen LogP contribution is 2.52. The molecule has 1 saturated carbocycles. The Hall–Kier alpha value is -3.92. The van der Waals surface area contributed by atoms with Gasteiger partial charge < -0.3 is 19.9 Å². The van der Waals surface area contributed by atoms with Crippen LogP contribution in [0.1, 0.15) is 59.6 Å². The van der Waals surface area contributed by atoms with E-state index in [4.69, 9.17) is 9.72 Å². The molecule has 2 atom stereocenters. The summed E-state index contributed by atoms with van der Waals surface area (Å²) in [5.74, 6) is 2.09. The number of carbonyl (C=O) groups excluding carboxylic acids is 1. The van der Waals surface area contributed by atoms with Gasteiger partial charge in [0.05, 0.1) is 17.2 Å². The van der Waals surface area contributed by atoms with Gasteiger partial charge in [-0.15, -0.1) is 0 Å². The number of hydrogen-bond acceptors (Lipinski definition) is 7. The van der Waals surface area contributed by atoms with E-state index >= 15 is 0 Å². The number of aromatic amines is 1. The fourth-order valence-corrected chi connectivity index (χ4v) is 5.70. The minimum atomic E-state index is -0.485. The largest absolute Gasteiger partial charge is 0.444 e. The number of fused-ring (bicyclic) bond motifs is 1. The number of pyridine rings is 1. The first-order valence-corrected chi connectivity index (χ1v) is 14.9. The number of hydrogen-bond donors (Lipinski definition) is 2. The Morgan fingerprint density at radius 1 is 1.14 bits per heavy atom. The minimum Gasteiger partial charge on any atom is -0.444 e. The van der Waals surface area contributed by atoms with Crippen LogP contribution in [-0.4, -0.2) is 72.4 Å². The van der Waals surface area contributed by atoms with Crippen LogP contribution in [0.2, 0.25) is 0 Å². The van der Waals surface area contributed by atoms with Crippen LogP contribution in [0.3, 0.4) is 0 Å². The van der Waals surface area contributed by atoms with Crippen LogP contribution >= 0.6 is 0 Å². The molecule has 1 aromatic carbocycles. The number of benzene rings is 1. The first-order valence-electron chi connectivity index (χ1n) is 14.9. The van der Waals surface area contributed by atoms with Gasteiger partial charge in [0.2, 0.25) is 5.95 Å². The van der Waals surface area contributed by atoms with Gasteiger partial charge in [-0.3, -0.25) is 9.58 Å². The number of aromatic nitrogens is 5. The minimum absolute atomic E-state index is 0.180. The van der Waals surface area contributed by atoms with Gasteiger partial charge in [-0.25, -0.2) is 14.8 Å². The summed E-state index contributed by atoms with van der Waals surface area (Å²) in [7, 11) is 0. The molecule has 4 heterocycles. The topological polar surface area (TPSA) is 104 Å². The van der Waals surface area contributed by atoms with Crippen LogP contribution in [0.25, 0.3) is 22.2 Å². The smallest absolute Gasteiger partial charge is 0.410 e. The van der Waals surface area contributed by atoms with E-state index in [2.05, 4.69) is 75.1 Å². The van der Waals surface area contributed by atoms with Crippen molar-refractivity contribution in [2.45, 2.75) is 66.2 Å². The van der Waals surface area contributed by atoms with E-state index in [-0.39, 0.29) is 12.1 Å².